The molecule has 0 bridgehead atoms. The Kier molecular flexibility index (Phi) is 3.03. The topological polar surface area (TPSA) is 70.7 Å². The molecule has 0 atom stereocenters. The monoisotopic (exact) mass is 256 g/mol. The second kappa shape index (κ2) is 4.84. The number of H-pyrrole nitrogens is 1. The van der Waals surface area contributed by atoms with Crippen molar-refractivity contribution in [2.24, 2.45) is 0 Å². The highest BCUT2D eigenvalue weighted by molar-refractivity contribution is 5.35. The van der Waals surface area contributed by atoms with Crippen LogP contribution in [0.5, 0.6) is 0 Å². The lowest BCUT2D eigenvalue weighted by Crippen LogP contribution is -2.13. The number of anilines is 1. The van der Waals surface area contributed by atoms with Crippen molar-refractivity contribution in [2.75, 3.05) is 5.32 Å². The third-order valence-corrected chi connectivity index (χ3v) is 3.28. The zero-order chi connectivity index (χ0) is 13.2. The Morgan fingerprint density at radius 2 is 2.32 bits per heavy atom. The zero-order valence-electron chi connectivity index (χ0n) is 10.8. The van der Waals surface area contributed by atoms with Gasteiger partial charge >= 0.3 is 0 Å². The van der Waals surface area contributed by atoms with Crippen LogP contribution in [0.3, 0.4) is 0 Å². The molecule has 5 nitrogen and oxygen atoms in total. The third-order valence-electron chi connectivity index (χ3n) is 3.28. The first kappa shape index (κ1) is 11.9. The molecular formula is C14H16N4O. The number of hydrogen-bond acceptors (Lipinski definition) is 4. The summed E-state index contributed by atoms with van der Waals surface area (Å²) in [7, 11) is 0. The molecule has 2 aromatic rings. The largest absolute Gasteiger partial charge is 0.364 e. The molecule has 2 N–H and O–H groups in total. The summed E-state index contributed by atoms with van der Waals surface area (Å²) in [5, 5.41) is 3.17. The quantitative estimate of drug-likeness (QED) is 0.877. The van der Waals surface area contributed by atoms with Gasteiger partial charge in [0.05, 0.1) is 12.2 Å². The molecular weight excluding hydrogens is 240 g/mol. The van der Waals surface area contributed by atoms with Gasteiger partial charge in [0.1, 0.15) is 11.6 Å². The molecule has 3 rings (SSSR count). The van der Waals surface area contributed by atoms with Crippen LogP contribution in [0.1, 0.15) is 35.8 Å². The van der Waals surface area contributed by atoms with E-state index in [-0.39, 0.29) is 5.56 Å². The number of nitrogens with zero attached hydrogens (tertiary/aromatic N) is 2. The normalized spacial score (nSPS) is 14.4. The molecule has 19 heavy (non-hydrogen) atoms. The van der Waals surface area contributed by atoms with Crippen LogP contribution < -0.4 is 10.9 Å². The first-order valence-electron chi connectivity index (χ1n) is 6.48. The van der Waals surface area contributed by atoms with E-state index in [1.165, 1.54) is 6.07 Å². The van der Waals surface area contributed by atoms with E-state index in [0.29, 0.717) is 18.3 Å². The van der Waals surface area contributed by atoms with Crippen molar-refractivity contribution in [1.29, 1.82) is 0 Å². The average Bonchev–Trinajstić information content (AvgIpc) is 3.21. The van der Waals surface area contributed by atoms with Gasteiger partial charge < -0.3 is 10.3 Å². The molecule has 0 aromatic carbocycles. The van der Waals surface area contributed by atoms with Crippen LogP contribution in [0.25, 0.3) is 0 Å². The maximum Gasteiger partial charge on any atom is 0.252 e. The summed E-state index contributed by atoms with van der Waals surface area (Å²) in [5.41, 5.74) is 2.00. The summed E-state index contributed by atoms with van der Waals surface area (Å²) in [6.45, 7) is 2.60. The van der Waals surface area contributed by atoms with E-state index in [9.17, 15) is 4.79 Å². The molecule has 1 aliphatic carbocycles. The van der Waals surface area contributed by atoms with Gasteiger partial charge in [-0.25, -0.2) is 4.98 Å². The minimum absolute atomic E-state index is 0.0999. The van der Waals surface area contributed by atoms with Gasteiger partial charge in [0.25, 0.3) is 5.56 Å². The van der Waals surface area contributed by atoms with Gasteiger partial charge in [0, 0.05) is 18.2 Å². The van der Waals surface area contributed by atoms with Crippen molar-refractivity contribution in [1.82, 2.24) is 15.0 Å². The lowest BCUT2D eigenvalue weighted by Gasteiger charge is -2.08. The van der Waals surface area contributed by atoms with Crippen molar-refractivity contribution < 1.29 is 0 Å². The van der Waals surface area contributed by atoms with Crippen molar-refractivity contribution in [3.05, 3.63) is 51.8 Å². The minimum atomic E-state index is -0.0999. The van der Waals surface area contributed by atoms with Crippen LogP contribution in [0, 0.1) is 6.92 Å². The first-order chi connectivity index (χ1) is 9.22. The Hall–Kier alpha value is -2.17. The number of aromatic amines is 1. The van der Waals surface area contributed by atoms with Crippen molar-refractivity contribution in [3.8, 4) is 0 Å². The van der Waals surface area contributed by atoms with Gasteiger partial charge in [-0.3, -0.25) is 9.78 Å². The third kappa shape index (κ3) is 2.81. The number of pyridine rings is 1. The summed E-state index contributed by atoms with van der Waals surface area (Å²) in [5.74, 6) is 1.86. The number of rotatable bonds is 4. The van der Waals surface area contributed by atoms with E-state index < -0.39 is 0 Å². The summed E-state index contributed by atoms with van der Waals surface area (Å²) in [6.07, 6.45) is 4.00. The van der Waals surface area contributed by atoms with E-state index in [2.05, 4.69) is 20.3 Å². The van der Waals surface area contributed by atoms with Crippen LogP contribution >= 0.6 is 0 Å². The molecule has 1 aliphatic rings. The van der Waals surface area contributed by atoms with E-state index in [0.717, 1.165) is 29.9 Å². The van der Waals surface area contributed by atoms with Crippen LogP contribution in [0.15, 0.2) is 29.2 Å². The molecule has 98 valence electrons. The fraction of sp³-hybridized carbons (Fsp3) is 0.357. The Balaban J connectivity index is 1.76. The van der Waals surface area contributed by atoms with Gasteiger partial charge in [-0.1, -0.05) is 6.07 Å². The minimum Gasteiger partial charge on any atom is -0.364 e. The summed E-state index contributed by atoms with van der Waals surface area (Å²) in [4.78, 5) is 23.1. The molecule has 2 aromatic heterocycles. The molecule has 1 saturated carbocycles. The summed E-state index contributed by atoms with van der Waals surface area (Å²) in [6, 6.07) is 5.42. The molecule has 1 fully saturated rings. The van der Waals surface area contributed by atoms with Crippen LogP contribution in [-0.2, 0) is 6.54 Å². The molecule has 0 unspecified atom stereocenters. The molecule has 0 spiro atoms. The number of aryl methyl sites for hydroxylation is 1. The highest BCUT2D eigenvalue weighted by Gasteiger charge is 2.26. The Morgan fingerprint density at radius 1 is 1.47 bits per heavy atom. The standard InChI is InChI=1S/C14H16N4O/c1-9-3-2-6-15-11(9)8-16-12-7-13(19)18-14(17-12)10-4-5-10/h2-3,6-7,10H,4-5,8H2,1H3,(H2,16,17,18,19). The van der Waals surface area contributed by atoms with Gasteiger partial charge in [0.15, 0.2) is 0 Å². The fourth-order valence-corrected chi connectivity index (χ4v) is 1.99. The molecule has 5 heteroatoms. The Morgan fingerprint density at radius 3 is 3.05 bits per heavy atom. The van der Waals surface area contributed by atoms with Crippen LogP contribution in [0.2, 0.25) is 0 Å². The van der Waals surface area contributed by atoms with E-state index in [1.54, 1.807) is 6.20 Å². The van der Waals surface area contributed by atoms with Crippen molar-refractivity contribution in [3.63, 3.8) is 0 Å². The van der Waals surface area contributed by atoms with Gasteiger partial charge in [-0.05, 0) is 31.4 Å². The first-order valence-corrected chi connectivity index (χ1v) is 6.48. The van der Waals surface area contributed by atoms with Gasteiger partial charge in [-0.15, -0.1) is 0 Å². The molecule has 0 saturated heterocycles. The van der Waals surface area contributed by atoms with Crippen LogP contribution in [0.4, 0.5) is 5.82 Å². The highest BCUT2D eigenvalue weighted by Crippen LogP contribution is 2.37. The lowest BCUT2D eigenvalue weighted by molar-refractivity contribution is 0.898. The second-order valence-corrected chi connectivity index (χ2v) is 4.91. The summed E-state index contributed by atoms with van der Waals surface area (Å²) >= 11 is 0. The van der Waals surface area contributed by atoms with E-state index >= 15 is 0 Å². The molecule has 2 heterocycles. The van der Waals surface area contributed by atoms with Gasteiger partial charge in [0.2, 0.25) is 0 Å². The number of aromatic nitrogens is 3. The molecule has 0 aliphatic heterocycles. The number of nitrogens with one attached hydrogen (secondary N) is 2. The van der Waals surface area contributed by atoms with Crippen molar-refractivity contribution >= 4 is 5.82 Å². The van der Waals surface area contributed by atoms with E-state index in [1.807, 2.05) is 19.1 Å². The van der Waals surface area contributed by atoms with Crippen LogP contribution in [-0.4, -0.2) is 15.0 Å². The van der Waals surface area contributed by atoms with E-state index in [4.69, 9.17) is 0 Å². The SMILES string of the molecule is Cc1cccnc1CNc1cc(=O)[nH]c(C2CC2)n1. The fourth-order valence-electron chi connectivity index (χ4n) is 1.99. The molecule has 0 radical (unpaired) electrons. The van der Waals surface area contributed by atoms with Gasteiger partial charge in [-0.2, -0.15) is 0 Å². The van der Waals surface area contributed by atoms with Crippen molar-refractivity contribution in [2.45, 2.75) is 32.2 Å². The lowest BCUT2D eigenvalue weighted by atomic mass is 10.2. The summed E-state index contributed by atoms with van der Waals surface area (Å²) < 4.78 is 0. The average molecular weight is 256 g/mol. The smallest absolute Gasteiger partial charge is 0.252 e. The number of hydrogen-bond donors (Lipinski definition) is 2. The predicted octanol–water partition coefficient (Wildman–Crippen LogP) is 1.96. The maximum atomic E-state index is 11.6. The Labute approximate surface area is 111 Å². The highest BCUT2D eigenvalue weighted by atomic mass is 16.1. The second-order valence-electron chi connectivity index (χ2n) is 4.91. The maximum absolute atomic E-state index is 11.6. The molecule has 0 amide bonds. The predicted molar refractivity (Wildman–Crippen MR) is 73.1 cm³/mol. The Bertz CT molecular complexity index is 646. The zero-order valence-corrected chi connectivity index (χ0v) is 10.8.